The molecule has 4 aromatic rings. The van der Waals surface area contributed by atoms with Crippen molar-refractivity contribution < 1.29 is 47.1 Å². The zero-order valence-corrected chi connectivity index (χ0v) is 36.6. The van der Waals surface area contributed by atoms with Gasteiger partial charge < -0.3 is 37.5 Å². The third-order valence-electron chi connectivity index (χ3n) is 9.40. The first-order valence-corrected chi connectivity index (χ1v) is 21.6. The molecule has 60 heavy (non-hydrogen) atoms. The van der Waals surface area contributed by atoms with Crippen molar-refractivity contribution in [3.8, 4) is 23.3 Å². The number of nitriles is 1. The van der Waals surface area contributed by atoms with E-state index < -0.39 is 38.5 Å². The Morgan fingerprint density at radius 2 is 1.25 bits per heavy atom. The molecule has 12 nitrogen and oxygen atoms in total. The number of benzene rings is 4. The molecule has 0 N–H and O–H groups in total. The Bertz CT molecular complexity index is 1820. The maximum atomic E-state index is 11.6. The van der Waals surface area contributed by atoms with Gasteiger partial charge in [-0.3, -0.25) is 9.59 Å². The lowest BCUT2D eigenvalue weighted by molar-refractivity contribution is -0.186. The van der Waals surface area contributed by atoms with Crippen LogP contribution in [0.15, 0.2) is 103 Å². The molecule has 322 valence electrons. The number of methoxy groups -OCH3 is 2. The van der Waals surface area contributed by atoms with Crippen LogP contribution in [-0.2, 0) is 38.4 Å². The minimum Gasteiger partial charge on any atom is -0.497 e. The summed E-state index contributed by atoms with van der Waals surface area (Å²) < 4.78 is 50.4. The Hall–Kier alpha value is -5.02. The highest BCUT2D eigenvalue weighted by Gasteiger charge is 2.39. The van der Waals surface area contributed by atoms with Crippen LogP contribution in [0.3, 0.4) is 0 Å². The summed E-state index contributed by atoms with van der Waals surface area (Å²) in [4.78, 5) is 23.2. The van der Waals surface area contributed by atoms with Gasteiger partial charge in [0.15, 0.2) is 0 Å². The van der Waals surface area contributed by atoms with Gasteiger partial charge in [0, 0.05) is 32.5 Å². The molecule has 0 amide bonds. The van der Waals surface area contributed by atoms with Crippen LogP contribution in [0.2, 0.25) is 0 Å². The highest BCUT2D eigenvalue weighted by molar-refractivity contribution is 7.44. The molecule has 13 heteroatoms. The maximum Gasteiger partial charge on any atom is 0.305 e. The van der Waals surface area contributed by atoms with Crippen LogP contribution in [0.25, 0.3) is 0 Å². The number of esters is 2. The lowest BCUT2D eigenvalue weighted by Crippen LogP contribution is -2.36. The van der Waals surface area contributed by atoms with Gasteiger partial charge in [-0.05, 0) is 97.3 Å². The van der Waals surface area contributed by atoms with Gasteiger partial charge in [0.05, 0.1) is 52.6 Å². The van der Waals surface area contributed by atoms with E-state index in [1.807, 2.05) is 66.7 Å². The van der Waals surface area contributed by atoms with Gasteiger partial charge in [-0.1, -0.05) is 68.4 Å². The van der Waals surface area contributed by atoms with Gasteiger partial charge in [-0.15, -0.1) is 0 Å². The predicted octanol–water partition coefficient (Wildman–Crippen LogP) is 10.1. The number of carbonyl (C=O) groups is 2. The third kappa shape index (κ3) is 14.3. The zero-order valence-electron chi connectivity index (χ0n) is 35.7. The fourth-order valence-electron chi connectivity index (χ4n) is 6.57. The third-order valence-corrected chi connectivity index (χ3v) is 11.1. The summed E-state index contributed by atoms with van der Waals surface area (Å²) in [5, 5.41) is 9.36. The predicted molar refractivity (Wildman–Crippen MR) is 230 cm³/mol. The smallest absolute Gasteiger partial charge is 0.305 e. The average Bonchev–Trinajstić information content (AvgIpc) is 3.26. The highest BCUT2D eigenvalue weighted by atomic mass is 31.2. The molecule has 0 aromatic heterocycles. The zero-order chi connectivity index (χ0) is 43.2. The van der Waals surface area contributed by atoms with Crippen LogP contribution in [0.5, 0.6) is 17.2 Å². The Labute approximate surface area is 356 Å². The van der Waals surface area contributed by atoms with Crippen molar-refractivity contribution in [3.05, 3.63) is 125 Å². The summed E-state index contributed by atoms with van der Waals surface area (Å²) >= 11 is 0. The molecule has 0 aliphatic rings. The fourth-order valence-corrected chi connectivity index (χ4v) is 8.33. The van der Waals surface area contributed by atoms with Crippen LogP contribution in [0, 0.1) is 11.3 Å². The van der Waals surface area contributed by atoms with E-state index in [0.29, 0.717) is 30.8 Å². The molecule has 2 unspecified atom stereocenters. The van der Waals surface area contributed by atoms with Crippen molar-refractivity contribution in [1.29, 1.82) is 5.26 Å². The van der Waals surface area contributed by atoms with E-state index in [0.717, 1.165) is 60.5 Å². The number of rotatable bonds is 27. The Kier molecular flexibility index (Phi) is 20.3. The number of hydrogen-bond acceptors (Lipinski definition) is 12. The van der Waals surface area contributed by atoms with Gasteiger partial charge in [0.2, 0.25) is 0 Å². The molecule has 0 bridgehead atoms. The molecule has 0 aliphatic carbocycles. The van der Waals surface area contributed by atoms with Crippen molar-refractivity contribution in [2.45, 2.75) is 84.2 Å². The topological polar surface area (TPSA) is 135 Å². The monoisotopic (exact) mass is 842 g/mol. The van der Waals surface area contributed by atoms with Crippen LogP contribution < -0.4 is 14.2 Å². The van der Waals surface area contributed by atoms with E-state index in [2.05, 4.69) is 36.7 Å². The van der Waals surface area contributed by atoms with Crippen LogP contribution >= 0.6 is 8.53 Å². The van der Waals surface area contributed by atoms with Crippen LogP contribution in [0.1, 0.15) is 94.8 Å². The second kappa shape index (κ2) is 25.6. The Balaban J connectivity index is 1.62. The van der Waals surface area contributed by atoms with Gasteiger partial charge in [-0.25, -0.2) is 4.67 Å². The Morgan fingerprint density at radius 1 is 0.717 bits per heavy atom. The molecule has 0 spiro atoms. The van der Waals surface area contributed by atoms with Crippen LogP contribution in [0.4, 0.5) is 0 Å². The number of carbonyl (C=O) groups excluding carboxylic acids is 2. The number of unbranched alkanes of at least 4 members (excludes halogenated alkanes) is 1. The summed E-state index contributed by atoms with van der Waals surface area (Å²) in [5.41, 5.74) is 2.23. The van der Waals surface area contributed by atoms with Gasteiger partial charge in [0.1, 0.15) is 22.8 Å². The highest BCUT2D eigenvalue weighted by Crippen LogP contribution is 2.47. The number of nitrogens with zero attached hydrogens (tertiary/aromatic N) is 2. The van der Waals surface area contributed by atoms with E-state index in [1.165, 1.54) is 13.8 Å². The summed E-state index contributed by atoms with van der Waals surface area (Å²) in [6, 6.07) is 35.1. The number of ether oxygens (including phenoxy) is 6. The molecule has 0 aliphatic heterocycles. The van der Waals surface area contributed by atoms with Gasteiger partial charge in [0.25, 0.3) is 14.8 Å². The molecule has 4 rings (SSSR count). The van der Waals surface area contributed by atoms with Crippen LogP contribution in [-0.4, -0.2) is 69.8 Å². The average molecular weight is 843 g/mol. The first-order valence-electron chi connectivity index (χ1n) is 20.4. The van der Waals surface area contributed by atoms with E-state index in [1.54, 1.807) is 38.5 Å². The molecule has 0 radical (unpaired) electrons. The molecular formula is C47H59N2O10P. The molecule has 0 fully saturated rings. The quantitative estimate of drug-likeness (QED) is 0.0186. The summed E-state index contributed by atoms with van der Waals surface area (Å²) in [7, 11) is 1.78. The molecular weight excluding hydrogens is 783 g/mol. The second-order valence-corrected chi connectivity index (χ2v) is 15.4. The minimum absolute atomic E-state index is 0.216. The van der Waals surface area contributed by atoms with Crippen molar-refractivity contribution >= 4 is 20.5 Å². The summed E-state index contributed by atoms with van der Waals surface area (Å²) in [5.74, 6) is 0.956. The summed E-state index contributed by atoms with van der Waals surface area (Å²) in [6.07, 6.45) is 2.67. The van der Waals surface area contributed by atoms with Crippen molar-refractivity contribution in [2.75, 3.05) is 47.1 Å². The van der Waals surface area contributed by atoms with Crippen molar-refractivity contribution in [1.82, 2.24) is 4.67 Å². The van der Waals surface area contributed by atoms with E-state index in [4.69, 9.17) is 37.5 Å². The SMILES string of the molecule is CCCN(CCC)P(OCCC#N)OC(CCCCOc1ccc(C(OC(C)=O)OC(C)=O)cc1)COC(c1ccccc1)(c1ccc(OC)cc1)c1ccc(OC)cc1. The molecule has 0 saturated heterocycles. The molecule has 2 atom stereocenters. The lowest BCUT2D eigenvalue weighted by Gasteiger charge is -2.38. The van der Waals surface area contributed by atoms with Crippen molar-refractivity contribution in [2.24, 2.45) is 0 Å². The standard InChI is InChI=1S/C47H59N2O10P/c1-7-31-49(32-8-2)60(56-34-14-30-48)59-45(17-12-13-33-54-44-24-18-38(19-25-44)46(57-36(3)50)58-37(4)51)35-55-47(39-15-10-9-11-16-39,40-20-26-42(52-5)27-21-40)41-22-28-43(53-6)29-23-41/h9-11,15-16,18-29,45-46H,7-8,12-14,17,31-35H2,1-6H3. The van der Waals surface area contributed by atoms with Gasteiger partial charge in [-0.2, -0.15) is 5.26 Å². The second-order valence-electron chi connectivity index (χ2n) is 13.9. The first kappa shape index (κ1) is 47.7. The fraction of sp³-hybridized carbons (Fsp3) is 0.426. The minimum atomic E-state index is -1.52. The maximum absolute atomic E-state index is 11.6. The van der Waals surface area contributed by atoms with E-state index in [-0.39, 0.29) is 19.6 Å². The Morgan fingerprint density at radius 3 is 1.75 bits per heavy atom. The van der Waals surface area contributed by atoms with Gasteiger partial charge >= 0.3 is 11.9 Å². The van der Waals surface area contributed by atoms with Crippen molar-refractivity contribution in [3.63, 3.8) is 0 Å². The lowest BCUT2D eigenvalue weighted by atomic mass is 9.80. The molecule has 4 aromatic carbocycles. The largest absolute Gasteiger partial charge is 0.497 e. The van der Waals surface area contributed by atoms with E-state index >= 15 is 0 Å². The van der Waals surface area contributed by atoms with E-state index in [9.17, 15) is 14.9 Å². The molecule has 0 saturated carbocycles. The summed E-state index contributed by atoms with van der Waals surface area (Å²) in [6.45, 7) is 9.28. The first-order chi connectivity index (χ1) is 29.2. The normalized spacial score (nSPS) is 12.4. The molecule has 0 heterocycles. The number of hydrogen-bond donors (Lipinski definition) is 0.